The number of nitrogens with one attached hydrogen (secondary N) is 2. The molecule has 108 valence electrons. The van der Waals surface area contributed by atoms with Crippen LogP contribution in [0, 0.1) is 6.92 Å². The Bertz CT molecular complexity index is 654. The third kappa shape index (κ3) is 4.14. The first-order valence-corrected chi connectivity index (χ1v) is 6.61. The third-order valence-electron chi connectivity index (χ3n) is 2.99. The van der Waals surface area contributed by atoms with Gasteiger partial charge in [-0.05, 0) is 36.2 Å². The highest BCUT2D eigenvalue weighted by molar-refractivity contribution is 5.97. The van der Waals surface area contributed by atoms with Gasteiger partial charge < -0.3 is 10.6 Å². The van der Waals surface area contributed by atoms with Crippen molar-refractivity contribution in [3.63, 3.8) is 0 Å². The van der Waals surface area contributed by atoms with Crippen LogP contribution in [-0.4, -0.2) is 16.8 Å². The predicted octanol–water partition coefficient (Wildman–Crippen LogP) is 2.28. The van der Waals surface area contributed by atoms with Crippen LogP contribution in [0.25, 0.3) is 0 Å². The summed E-state index contributed by atoms with van der Waals surface area (Å²) in [7, 11) is 0. The molecule has 0 aliphatic carbocycles. The minimum Gasteiger partial charge on any atom is -0.348 e. The van der Waals surface area contributed by atoms with Crippen molar-refractivity contribution in [2.75, 3.05) is 5.32 Å². The van der Waals surface area contributed by atoms with Crippen molar-refractivity contribution in [1.82, 2.24) is 10.3 Å². The van der Waals surface area contributed by atoms with Gasteiger partial charge in [0.05, 0.1) is 0 Å². The van der Waals surface area contributed by atoms with Crippen LogP contribution in [0.5, 0.6) is 0 Å². The van der Waals surface area contributed by atoms with Crippen molar-refractivity contribution in [2.45, 2.75) is 20.4 Å². The first-order valence-electron chi connectivity index (χ1n) is 6.61. The summed E-state index contributed by atoms with van der Waals surface area (Å²) >= 11 is 0. The first-order chi connectivity index (χ1) is 10.1. The lowest BCUT2D eigenvalue weighted by Crippen LogP contribution is -2.23. The molecule has 0 radical (unpaired) electrons. The van der Waals surface area contributed by atoms with Crippen LogP contribution in [0.4, 0.5) is 5.69 Å². The maximum absolute atomic E-state index is 12.1. The zero-order chi connectivity index (χ0) is 15.2. The number of nitrogens with zero attached hydrogens (tertiary/aromatic N) is 1. The predicted molar refractivity (Wildman–Crippen MR) is 80.9 cm³/mol. The van der Waals surface area contributed by atoms with Crippen molar-refractivity contribution >= 4 is 17.5 Å². The fraction of sp³-hybridized carbons (Fsp3) is 0.188. The molecule has 0 saturated carbocycles. The summed E-state index contributed by atoms with van der Waals surface area (Å²) in [6.07, 6.45) is 3.39. The number of carbonyl (C=O) groups excluding carboxylic acids is 2. The topological polar surface area (TPSA) is 71.1 Å². The number of aromatic nitrogens is 1. The molecule has 0 atom stereocenters. The lowest BCUT2D eigenvalue weighted by atomic mass is 10.1. The molecule has 1 aromatic heterocycles. The molecule has 0 fully saturated rings. The molecular weight excluding hydrogens is 266 g/mol. The quantitative estimate of drug-likeness (QED) is 0.904. The van der Waals surface area contributed by atoms with Crippen LogP contribution in [-0.2, 0) is 11.3 Å². The minimum atomic E-state index is -0.189. The molecule has 0 saturated heterocycles. The van der Waals surface area contributed by atoms with E-state index in [1.165, 1.54) is 6.92 Å². The number of anilines is 1. The number of hydrogen-bond donors (Lipinski definition) is 2. The van der Waals surface area contributed by atoms with E-state index in [9.17, 15) is 9.59 Å². The Morgan fingerprint density at radius 1 is 1.24 bits per heavy atom. The van der Waals surface area contributed by atoms with Gasteiger partial charge in [0, 0.05) is 37.1 Å². The molecule has 2 N–H and O–H groups in total. The van der Waals surface area contributed by atoms with E-state index in [0.717, 1.165) is 11.1 Å². The molecule has 0 bridgehead atoms. The van der Waals surface area contributed by atoms with Crippen LogP contribution in [0.2, 0.25) is 0 Å². The molecule has 21 heavy (non-hydrogen) atoms. The van der Waals surface area contributed by atoms with Gasteiger partial charge in [0.2, 0.25) is 5.91 Å². The van der Waals surface area contributed by atoms with E-state index in [1.807, 2.05) is 25.1 Å². The van der Waals surface area contributed by atoms with Gasteiger partial charge >= 0.3 is 0 Å². The van der Waals surface area contributed by atoms with Gasteiger partial charge in [0.25, 0.3) is 5.91 Å². The average molecular weight is 283 g/mol. The molecule has 1 heterocycles. The Labute approximate surface area is 123 Å². The number of benzene rings is 1. The van der Waals surface area contributed by atoms with Gasteiger partial charge in [0.1, 0.15) is 0 Å². The zero-order valence-corrected chi connectivity index (χ0v) is 12.0. The molecule has 0 spiro atoms. The SMILES string of the molecule is CC(=O)Nc1cc(C(=O)NCc2cccnc2)ccc1C. The number of pyridine rings is 1. The molecule has 2 aromatic rings. The van der Waals surface area contributed by atoms with E-state index in [0.29, 0.717) is 17.8 Å². The number of aryl methyl sites for hydroxylation is 1. The van der Waals surface area contributed by atoms with Crippen LogP contribution in [0.15, 0.2) is 42.7 Å². The molecule has 2 amide bonds. The highest BCUT2D eigenvalue weighted by Crippen LogP contribution is 2.17. The maximum Gasteiger partial charge on any atom is 0.251 e. The van der Waals surface area contributed by atoms with E-state index in [2.05, 4.69) is 15.6 Å². The average Bonchev–Trinajstić information content (AvgIpc) is 2.47. The number of carbonyl (C=O) groups is 2. The Kier molecular flexibility index (Phi) is 4.66. The Hall–Kier alpha value is -2.69. The summed E-state index contributed by atoms with van der Waals surface area (Å²) in [5.41, 5.74) is 3.00. The van der Waals surface area contributed by atoms with Crippen molar-refractivity contribution < 1.29 is 9.59 Å². The maximum atomic E-state index is 12.1. The van der Waals surface area contributed by atoms with Gasteiger partial charge in [-0.2, -0.15) is 0 Å². The standard InChI is InChI=1S/C16H17N3O2/c1-11-5-6-14(8-15(11)19-12(2)20)16(21)18-10-13-4-3-7-17-9-13/h3-9H,10H2,1-2H3,(H,18,21)(H,19,20). The van der Waals surface area contributed by atoms with Crippen LogP contribution < -0.4 is 10.6 Å². The second kappa shape index (κ2) is 6.65. The zero-order valence-electron chi connectivity index (χ0n) is 12.0. The van der Waals surface area contributed by atoms with Gasteiger partial charge in [-0.1, -0.05) is 12.1 Å². The van der Waals surface area contributed by atoms with E-state index >= 15 is 0 Å². The minimum absolute atomic E-state index is 0.161. The first kappa shape index (κ1) is 14.7. The third-order valence-corrected chi connectivity index (χ3v) is 2.99. The van der Waals surface area contributed by atoms with Gasteiger partial charge in [-0.25, -0.2) is 0 Å². The molecular formula is C16H17N3O2. The normalized spacial score (nSPS) is 10.0. The van der Waals surface area contributed by atoms with E-state index in [1.54, 1.807) is 24.5 Å². The highest BCUT2D eigenvalue weighted by atomic mass is 16.2. The van der Waals surface area contributed by atoms with Crippen LogP contribution in [0.3, 0.4) is 0 Å². The van der Waals surface area contributed by atoms with Gasteiger partial charge in [-0.3, -0.25) is 14.6 Å². The second-order valence-corrected chi connectivity index (χ2v) is 4.75. The summed E-state index contributed by atoms with van der Waals surface area (Å²) < 4.78 is 0. The summed E-state index contributed by atoms with van der Waals surface area (Å²) in [6.45, 7) is 3.73. The summed E-state index contributed by atoms with van der Waals surface area (Å²) in [6, 6.07) is 8.94. The fourth-order valence-corrected chi connectivity index (χ4v) is 1.87. The number of rotatable bonds is 4. The molecule has 5 nitrogen and oxygen atoms in total. The van der Waals surface area contributed by atoms with E-state index in [-0.39, 0.29) is 11.8 Å². The molecule has 5 heteroatoms. The molecule has 2 rings (SSSR count). The molecule has 1 aromatic carbocycles. The largest absolute Gasteiger partial charge is 0.348 e. The Balaban J connectivity index is 2.07. The summed E-state index contributed by atoms with van der Waals surface area (Å²) in [5, 5.41) is 5.54. The number of hydrogen-bond acceptors (Lipinski definition) is 3. The second-order valence-electron chi connectivity index (χ2n) is 4.75. The van der Waals surface area contributed by atoms with Crippen LogP contribution >= 0.6 is 0 Å². The monoisotopic (exact) mass is 283 g/mol. The van der Waals surface area contributed by atoms with E-state index < -0.39 is 0 Å². The number of amides is 2. The fourth-order valence-electron chi connectivity index (χ4n) is 1.87. The molecule has 0 aliphatic rings. The Morgan fingerprint density at radius 3 is 2.71 bits per heavy atom. The van der Waals surface area contributed by atoms with Gasteiger partial charge in [-0.15, -0.1) is 0 Å². The van der Waals surface area contributed by atoms with Crippen molar-refractivity contribution in [3.05, 3.63) is 59.4 Å². The van der Waals surface area contributed by atoms with Gasteiger partial charge in [0.15, 0.2) is 0 Å². The highest BCUT2D eigenvalue weighted by Gasteiger charge is 2.08. The lowest BCUT2D eigenvalue weighted by Gasteiger charge is -2.10. The van der Waals surface area contributed by atoms with Crippen molar-refractivity contribution in [2.24, 2.45) is 0 Å². The van der Waals surface area contributed by atoms with Crippen LogP contribution in [0.1, 0.15) is 28.4 Å². The lowest BCUT2D eigenvalue weighted by molar-refractivity contribution is -0.114. The van der Waals surface area contributed by atoms with E-state index in [4.69, 9.17) is 0 Å². The van der Waals surface area contributed by atoms with Crippen molar-refractivity contribution in [3.8, 4) is 0 Å². The molecule has 0 unspecified atom stereocenters. The summed E-state index contributed by atoms with van der Waals surface area (Å²) in [4.78, 5) is 27.3. The van der Waals surface area contributed by atoms with Crippen molar-refractivity contribution in [1.29, 1.82) is 0 Å². The Morgan fingerprint density at radius 2 is 2.05 bits per heavy atom. The summed E-state index contributed by atoms with van der Waals surface area (Å²) in [5.74, 6) is -0.350. The molecule has 0 aliphatic heterocycles. The smallest absolute Gasteiger partial charge is 0.251 e.